The van der Waals surface area contributed by atoms with Crippen molar-refractivity contribution in [3.63, 3.8) is 0 Å². The first-order valence-electron chi connectivity index (χ1n) is 7.24. The van der Waals surface area contributed by atoms with Crippen LogP contribution in [0.1, 0.15) is 32.3 Å². The van der Waals surface area contributed by atoms with Gasteiger partial charge >= 0.3 is 0 Å². The van der Waals surface area contributed by atoms with Crippen LogP contribution in [0.2, 0.25) is 0 Å². The average molecular weight is 246 g/mol. The number of rotatable bonds is 4. The standard InChI is InChI=1S/C16H26N2/c1-4-18(16-7-5-6-13(2)11-16)12-15-10-14(3)8-9-17-15/h5-7,11,14-15,17H,4,8-10,12H2,1-3H3. The summed E-state index contributed by atoms with van der Waals surface area (Å²) in [6.45, 7) is 10.2. The zero-order valence-corrected chi connectivity index (χ0v) is 11.9. The Labute approximate surface area is 111 Å². The number of piperidine rings is 1. The predicted octanol–water partition coefficient (Wildman–Crippen LogP) is 3.21. The lowest BCUT2D eigenvalue weighted by molar-refractivity contribution is 0.321. The Kier molecular flexibility index (Phi) is 4.65. The number of benzene rings is 1. The highest BCUT2D eigenvalue weighted by Gasteiger charge is 2.20. The third-order valence-corrected chi connectivity index (χ3v) is 3.95. The maximum Gasteiger partial charge on any atom is 0.0369 e. The first kappa shape index (κ1) is 13.4. The molecule has 2 atom stereocenters. The van der Waals surface area contributed by atoms with Crippen molar-refractivity contribution in [2.75, 3.05) is 24.5 Å². The molecule has 0 aromatic heterocycles. The van der Waals surface area contributed by atoms with E-state index in [1.807, 2.05) is 0 Å². The maximum atomic E-state index is 3.66. The van der Waals surface area contributed by atoms with E-state index in [0.717, 1.165) is 19.0 Å². The first-order valence-corrected chi connectivity index (χ1v) is 7.24. The monoisotopic (exact) mass is 246 g/mol. The first-order chi connectivity index (χ1) is 8.69. The maximum absolute atomic E-state index is 3.66. The molecule has 0 bridgehead atoms. The van der Waals surface area contributed by atoms with Crippen molar-refractivity contribution in [2.24, 2.45) is 5.92 Å². The zero-order valence-electron chi connectivity index (χ0n) is 11.9. The molecule has 0 amide bonds. The molecule has 0 spiro atoms. The van der Waals surface area contributed by atoms with E-state index in [1.165, 1.54) is 30.6 Å². The minimum Gasteiger partial charge on any atom is -0.370 e. The van der Waals surface area contributed by atoms with Crippen LogP contribution < -0.4 is 10.2 Å². The number of likely N-dealkylation sites (N-methyl/N-ethyl adjacent to an activating group) is 1. The highest BCUT2D eigenvalue weighted by molar-refractivity contribution is 5.48. The molecule has 2 heteroatoms. The quantitative estimate of drug-likeness (QED) is 0.877. The van der Waals surface area contributed by atoms with Gasteiger partial charge in [-0.15, -0.1) is 0 Å². The molecule has 0 saturated carbocycles. The topological polar surface area (TPSA) is 15.3 Å². The lowest BCUT2D eigenvalue weighted by atomic mass is 9.94. The van der Waals surface area contributed by atoms with Gasteiger partial charge in [0.25, 0.3) is 0 Å². The molecular formula is C16H26N2. The Morgan fingerprint density at radius 2 is 2.22 bits per heavy atom. The normalized spacial score (nSPS) is 23.9. The Hall–Kier alpha value is -1.02. The van der Waals surface area contributed by atoms with Crippen LogP contribution in [0.3, 0.4) is 0 Å². The van der Waals surface area contributed by atoms with E-state index in [-0.39, 0.29) is 0 Å². The molecule has 1 aliphatic rings. The third kappa shape index (κ3) is 3.49. The molecule has 1 aliphatic heterocycles. The van der Waals surface area contributed by atoms with E-state index in [0.29, 0.717) is 6.04 Å². The lowest BCUT2D eigenvalue weighted by Gasteiger charge is -2.33. The Morgan fingerprint density at radius 1 is 1.39 bits per heavy atom. The van der Waals surface area contributed by atoms with Crippen molar-refractivity contribution in [3.8, 4) is 0 Å². The molecule has 2 rings (SSSR count). The number of aryl methyl sites for hydroxylation is 1. The van der Waals surface area contributed by atoms with Crippen molar-refractivity contribution in [1.82, 2.24) is 5.32 Å². The molecule has 0 aliphatic carbocycles. The summed E-state index contributed by atoms with van der Waals surface area (Å²) in [5, 5.41) is 3.66. The Balaban J connectivity index is 2.00. The molecule has 1 heterocycles. The van der Waals surface area contributed by atoms with Crippen LogP contribution in [-0.2, 0) is 0 Å². The Morgan fingerprint density at radius 3 is 2.89 bits per heavy atom. The highest BCUT2D eigenvalue weighted by Crippen LogP contribution is 2.20. The third-order valence-electron chi connectivity index (χ3n) is 3.95. The summed E-state index contributed by atoms with van der Waals surface area (Å²) in [7, 11) is 0. The fourth-order valence-electron chi connectivity index (χ4n) is 2.87. The molecule has 1 aromatic rings. The summed E-state index contributed by atoms with van der Waals surface area (Å²) >= 11 is 0. The molecular weight excluding hydrogens is 220 g/mol. The molecule has 2 nitrogen and oxygen atoms in total. The van der Waals surface area contributed by atoms with Crippen LogP contribution in [0, 0.1) is 12.8 Å². The van der Waals surface area contributed by atoms with Crippen molar-refractivity contribution in [1.29, 1.82) is 0 Å². The highest BCUT2D eigenvalue weighted by atomic mass is 15.2. The second kappa shape index (κ2) is 6.24. The summed E-state index contributed by atoms with van der Waals surface area (Å²) in [5.74, 6) is 0.868. The summed E-state index contributed by atoms with van der Waals surface area (Å²) in [6, 6.07) is 9.48. The van der Waals surface area contributed by atoms with Crippen LogP contribution in [0.15, 0.2) is 24.3 Å². The lowest BCUT2D eigenvalue weighted by Crippen LogP contribution is -2.45. The van der Waals surface area contributed by atoms with Gasteiger partial charge in [0.1, 0.15) is 0 Å². The second-order valence-electron chi connectivity index (χ2n) is 5.66. The molecule has 1 N–H and O–H groups in total. The second-order valence-corrected chi connectivity index (χ2v) is 5.66. The van der Waals surface area contributed by atoms with E-state index in [4.69, 9.17) is 0 Å². The van der Waals surface area contributed by atoms with Crippen LogP contribution in [0.4, 0.5) is 5.69 Å². The number of hydrogen-bond donors (Lipinski definition) is 1. The van der Waals surface area contributed by atoms with E-state index in [1.54, 1.807) is 0 Å². The van der Waals surface area contributed by atoms with Crippen LogP contribution in [-0.4, -0.2) is 25.7 Å². The van der Waals surface area contributed by atoms with Crippen molar-refractivity contribution < 1.29 is 0 Å². The van der Waals surface area contributed by atoms with Gasteiger partial charge in [-0.25, -0.2) is 0 Å². The number of hydrogen-bond acceptors (Lipinski definition) is 2. The smallest absolute Gasteiger partial charge is 0.0369 e. The number of nitrogens with one attached hydrogen (secondary N) is 1. The van der Waals surface area contributed by atoms with Gasteiger partial charge in [-0.05, 0) is 56.8 Å². The molecule has 1 saturated heterocycles. The molecule has 1 aromatic carbocycles. The van der Waals surface area contributed by atoms with Gasteiger partial charge in [0.15, 0.2) is 0 Å². The minimum absolute atomic E-state index is 0.647. The summed E-state index contributed by atoms with van der Waals surface area (Å²) in [5.41, 5.74) is 2.70. The predicted molar refractivity (Wildman–Crippen MR) is 79.3 cm³/mol. The largest absolute Gasteiger partial charge is 0.370 e. The van der Waals surface area contributed by atoms with Gasteiger partial charge in [-0.3, -0.25) is 0 Å². The van der Waals surface area contributed by atoms with Gasteiger partial charge in [-0.1, -0.05) is 19.1 Å². The average Bonchev–Trinajstić information content (AvgIpc) is 2.36. The summed E-state index contributed by atoms with van der Waals surface area (Å²) < 4.78 is 0. The van der Waals surface area contributed by atoms with Gasteiger partial charge in [0.05, 0.1) is 0 Å². The van der Waals surface area contributed by atoms with Crippen molar-refractivity contribution >= 4 is 5.69 Å². The summed E-state index contributed by atoms with van der Waals surface area (Å²) in [6.07, 6.45) is 2.63. The molecule has 18 heavy (non-hydrogen) atoms. The molecule has 100 valence electrons. The fraction of sp³-hybridized carbons (Fsp3) is 0.625. The molecule has 1 fully saturated rings. The van der Waals surface area contributed by atoms with Gasteiger partial charge in [0, 0.05) is 24.8 Å². The van der Waals surface area contributed by atoms with E-state index in [9.17, 15) is 0 Å². The molecule has 2 unspecified atom stereocenters. The van der Waals surface area contributed by atoms with Crippen molar-refractivity contribution in [2.45, 2.75) is 39.7 Å². The summed E-state index contributed by atoms with van der Waals surface area (Å²) in [4.78, 5) is 2.49. The SMILES string of the molecule is CCN(CC1CC(C)CCN1)c1cccc(C)c1. The van der Waals surface area contributed by atoms with Gasteiger partial charge < -0.3 is 10.2 Å². The zero-order chi connectivity index (χ0) is 13.0. The number of nitrogens with zero attached hydrogens (tertiary/aromatic N) is 1. The number of anilines is 1. The van der Waals surface area contributed by atoms with Gasteiger partial charge in [0.2, 0.25) is 0 Å². The molecule has 0 radical (unpaired) electrons. The van der Waals surface area contributed by atoms with Crippen LogP contribution >= 0.6 is 0 Å². The van der Waals surface area contributed by atoms with E-state index < -0.39 is 0 Å². The van der Waals surface area contributed by atoms with E-state index >= 15 is 0 Å². The Bertz CT molecular complexity index is 375. The minimum atomic E-state index is 0.647. The van der Waals surface area contributed by atoms with Crippen LogP contribution in [0.5, 0.6) is 0 Å². The van der Waals surface area contributed by atoms with Crippen molar-refractivity contribution in [3.05, 3.63) is 29.8 Å². The van der Waals surface area contributed by atoms with E-state index in [2.05, 4.69) is 55.3 Å². The fourth-order valence-corrected chi connectivity index (χ4v) is 2.87. The van der Waals surface area contributed by atoms with Gasteiger partial charge in [-0.2, -0.15) is 0 Å². The van der Waals surface area contributed by atoms with Crippen LogP contribution in [0.25, 0.3) is 0 Å².